The number of nitrogens with one attached hydrogen (secondary N) is 1. The molecule has 1 aliphatic rings. The maximum Gasteiger partial charge on any atom is 0.189 e. The van der Waals surface area contributed by atoms with Crippen molar-refractivity contribution < 1.29 is 0 Å². The second-order valence-electron chi connectivity index (χ2n) is 5.93. The van der Waals surface area contributed by atoms with Gasteiger partial charge in [0.05, 0.1) is 24.6 Å². The summed E-state index contributed by atoms with van der Waals surface area (Å²) < 4.78 is 0. The van der Waals surface area contributed by atoms with Gasteiger partial charge in [0.1, 0.15) is 16.8 Å². The molecule has 0 bridgehead atoms. The van der Waals surface area contributed by atoms with E-state index in [9.17, 15) is 0 Å². The summed E-state index contributed by atoms with van der Waals surface area (Å²) in [6.45, 7) is 0.932. The van der Waals surface area contributed by atoms with Crippen molar-refractivity contribution in [3.63, 3.8) is 0 Å². The predicted octanol–water partition coefficient (Wildman–Crippen LogP) is 4.54. The molecule has 0 radical (unpaired) electrons. The molecule has 1 aromatic carbocycles. The van der Waals surface area contributed by atoms with E-state index in [2.05, 4.69) is 43.4 Å². The summed E-state index contributed by atoms with van der Waals surface area (Å²) >= 11 is 7.30. The van der Waals surface area contributed by atoms with E-state index in [1.807, 2.05) is 12.1 Å². The first-order valence-electron chi connectivity index (χ1n) is 8.20. The monoisotopic (exact) mass is 382 g/mol. The van der Waals surface area contributed by atoms with Crippen molar-refractivity contribution in [2.45, 2.75) is 18.9 Å². The second kappa shape index (κ2) is 7.28. The number of anilines is 3. The highest BCUT2D eigenvalue weighted by atomic mass is 35.5. The number of halogens is 1. The molecule has 0 amide bonds. The van der Waals surface area contributed by atoms with Crippen molar-refractivity contribution in [3.8, 4) is 6.07 Å². The van der Waals surface area contributed by atoms with Crippen LogP contribution in [-0.4, -0.2) is 21.5 Å². The average Bonchev–Trinajstić information content (AvgIpc) is 3.32. The van der Waals surface area contributed by atoms with Crippen LogP contribution in [0.1, 0.15) is 29.3 Å². The van der Waals surface area contributed by atoms with Crippen LogP contribution in [0.5, 0.6) is 0 Å². The highest BCUT2D eigenvalue weighted by Crippen LogP contribution is 2.35. The first-order chi connectivity index (χ1) is 12.7. The second-order valence-corrected chi connectivity index (χ2v) is 7.40. The molecule has 3 aromatic rings. The van der Waals surface area contributed by atoms with E-state index in [4.69, 9.17) is 16.9 Å². The lowest BCUT2D eigenvalue weighted by molar-refractivity contribution is 0.710. The Bertz CT molecular complexity index is 949. The van der Waals surface area contributed by atoms with Gasteiger partial charge in [0.25, 0.3) is 0 Å². The summed E-state index contributed by atoms with van der Waals surface area (Å²) in [4.78, 5) is 16.0. The van der Waals surface area contributed by atoms with Gasteiger partial charge in [-0.3, -0.25) is 4.98 Å². The predicted molar refractivity (Wildman–Crippen MR) is 103 cm³/mol. The van der Waals surface area contributed by atoms with E-state index in [1.54, 1.807) is 18.6 Å². The lowest BCUT2D eigenvalue weighted by atomic mass is 10.0. The summed E-state index contributed by atoms with van der Waals surface area (Å²) in [5.74, 6) is 1.44. The number of nitrogens with zero attached hydrogens (tertiary/aromatic N) is 5. The molecule has 130 valence electrons. The Kier molecular flexibility index (Phi) is 4.69. The van der Waals surface area contributed by atoms with Crippen molar-refractivity contribution in [1.82, 2.24) is 15.0 Å². The normalized spacial score (nSPS) is 16.5. The maximum absolute atomic E-state index is 8.91. The van der Waals surface area contributed by atoms with Gasteiger partial charge in [-0.2, -0.15) is 5.26 Å². The SMILES string of the molecule is N#Cc1cnc(Nc2cncc(N3CCCC3c3ccc(Cl)cc3)n2)s1. The van der Waals surface area contributed by atoms with Crippen LogP contribution in [0.2, 0.25) is 5.02 Å². The smallest absolute Gasteiger partial charge is 0.189 e. The molecule has 0 aliphatic carbocycles. The molecule has 8 heteroatoms. The van der Waals surface area contributed by atoms with Crippen LogP contribution in [0.3, 0.4) is 0 Å². The van der Waals surface area contributed by atoms with E-state index < -0.39 is 0 Å². The number of rotatable bonds is 4. The summed E-state index contributed by atoms with van der Waals surface area (Å²) in [5.41, 5.74) is 1.23. The molecular weight excluding hydrogens is 368 g/mol. The molecule has 1 atom stereocenters. The van der Waals surface area contributed by atoms with Gasteiger partial charge in [-0.15, -0.1) is 0 Å². The van der Waals surface area contributed by atoms with Crippen LogP contribution in [-0.2, 0) is 0 Å². The molecule has 1 saturated heterocycles. The lowest BCUT2D eigenvalue weighted by Crippen LogP contribution is -2.23. The minimum atomic E-state index is 0.266. The first kappa shape index (κ1) is 16.8. The fraction of sp³-hybridized carbons (Fsp3) is 0.222. The fourth-order valence-electron chi connectivity index (χ4n) is 3.12. The zero-order valence-electron chi connectivity index (χ0n) is 13.8. The molecule has 0 saturated carbocycles. The number of aromatic nitrogens is 3. The minimum Gasteiger partial charge on any atom is -0.348 e. The van der Waals surface area contributed by atoms with E-state index in [0.717, 1.165) is 30.2 Å². The van der Waals surface area contributed by atoms with Crippen molar-refractivity contribution in [3.05, 3.63) is 58.3 Å². The number of thiazole rings is 1. The quantitative estimate of drug-likeness (QED) is 0.713. The zero-order valence-corrected chi connectivity index (χ0v) is 15.3. The van der Waals surface area contributed by atoms with Crippen molar-refractivity contribution in [1.29, 1.82) is 5.26 Å². The zero-order chi connectivity index (χ0) is 17.9. The topological polar surface area (TPSA) is 77.7 Å². The van der Waals surface area contributed by atoms with E-state index in [0.29, 0.717) is 15.8 Å². The lowest BCUT2D eigenvalue weighted by Gasteiger charge is -2.26. The van der Waals surface area contributed by atoms with E-state index in [-0.39, 0.29) is 6.04 Å². The van der Waals surface area contributed by atoms with Gasteiger partial charge in [-0.05, 0) is 30.5 Å². The Morgan fingerprint density at radius 1 is 1.23 bits per heavy atom. The highest BCUT2D eigenvalue weighted by Gasteiger charge is 2.27. The fourth-order valence-corrected chi connectivity index (χ4v) is 3.87. The van der Waals surface area contributed by atoms with Gasteiger partial charge in [0.2, 0.25) is 0 Å². The summed E-state index contributed by atoms with van der Waals surface area (Å²) in [7, 11) is 0. The molecule has 1 N–H and O–H groups in total. The largest absolute Gasteiger partial charge is 0.348 e. The molecule has 4 rings (SSSR count). The molecule has 26 heavy (non-hydrogen) atoms. The number of hydrogen-bond donors (Lipinski definition) is 1. The Hall–Kier alpha value is -2.69. The molecule has 3 heterocycles. The highest BCUT2D eigenvalue weighted by molar-refractivity contribution is 7.16. The first-order valence-corrected chi connectivity index (χ1v) is 9.39. The molecule has 6 nitrogen and oxygen atoms in total. The summed E-state index contributed by atoms with van der Waals surface area (Å²) in [6.07, 6.45) is 7.15. The third-order valence-corrected chi connectivity index (χ3v) is 5.34. The van der Waals surface area contributed by atoms with Gasteiger partial charge in [0, 0.05) is 11.6 Å². The van der Waals surface area contributed by atoms with Gasteiger partial charge in [0.15, 0.2) is 10.9 Å². The van der Waals surface area contributed by atoms with Crippen LogP contribution in [0, 0.1) is 11.3 Å². The van der Waals surface area contributed by atoms with Crippen molar-refractivity contribution in [2.24, 2.45) is 0 Å². The number of hydrogen-bond acceptors (Lipinski definition) is 7. The van der Waals surface area contributed by atoms with Gasteiger partial charge in [-0.1, -0.05) is 35.1 Å². The Morgan fingerprint density at radius 3 is 2.85 bits per heavy atom. The molecule has 1 fully saturated rings. The Morgan fingerprint density at radius 2 is 2.08 bits per heavy atom. The van der Waals surface area contributed by atoms with Crippen LogP contribution in [0.4, 0.5) is 16.8 Å². The minimum absolute atomic E-state index is 0.266. The molecule has 1 aliphatic heterocycles. The number of benzene rings is 1. The summed E-state index contributed by atoms with van der Waals surface area (Å²) in [6, 6.07) is 10.3. The van der Waals surface area contributed by atoms with Gasteiger partial charge < -0.3 is 10.2 Å². The van der Waals surface area contributed by atoms with E-state index in [1.165, 1.54) is 16.9 Å². The van der Waals surface area contributed by atoms with Crippen molar-refractivity contribution in [2.75, 3.05) is 16.8 Å². The molecule has 1 unspecified atom stereocenters. The third kappa shape index (κ3) is 3.47. The van der Waals surface area contributed by atoms with Gasteiger partial charge >= 0.3 is 0 Å². The Labute approximate surface area is 160 Å². The number of nitriles is 1. The summed E-state index contributed by atoms with van der Waals surface area (Å²) in [5, 5.41) is 13.4. The Balaban J connectivity index is 1.57. The molecular formula is C18H15ClN6S. The van der Waals surface area contributed by atoms with Crippen molar-refractivity contribution >= 4 is 39.7 Å². The van der Waals surface area contributed by atoms with Crippen LogP contribution in [0.25, 0.3) is 0 Å². The molecule has 2 aromatic heterocycles. The average molecular weight is 383 g/mol. The van der Waals surface area contributed by atoms with Crippen LogP contribution < -0.4 is 10.2 Å². The van der Waals surface area contributed by atoms with Gasteiger partial charge in [-0.25, -0.2) is 9.97 Å². The maximum atomic E-state index is 8.91. The van der Waals surface area contributed by atoms with Crippen LogP contribution >= 0.6 is 22.9 Å². The van der Waals surface area contributed by atoms with E-state index >= 15 is 0 Å². The standard InChI is InChI=1S/C18H15ClN6S/c19-13-5-3-12(4-6-13)15-2-1-7-25(15)17-11-21-10-16(23-17)24-18-22-9-14(8-20)26-18/h3-6,9-11,15H,1-2,7H2,(H,22,23,24). The third-order valence-electron chi connectivity index (χ3n) is 4.27. The van der Waals surface area contributed by atoms with Crippen LogP contribution in [0.15, 0.2) is 42.9 Å². The molecule has 0 spiro atoms.